The van der Waals surface area contributed by atoms with E-state index in [0.29, 0.717) is 34.5 Å². The molecule has 5 fully saturated rings. The lowest BCUT2D eigenvalue weighted by atomic mass is 9.91. The van der Waals surface area contributed by atoms with Crippen molar-refractivity contribution in [2.75, 3.05) is 53.2 Å². The highest BCUT2D eigenvalue weighted by molar-refractivity contribution is 7.13. The number of nitrogens with one attached hydrogen (secondary N) is 1. The van der Waals surface area contributed by atoms with Gasteiger partial charge in [-0.15, -0.1) is 21.5 Å². The molecule has 18 nitrogen and oxygen atoms in total. The van der Waals surface area contributed by atoms with Crippen molar-refractivity contribution in [2.45, 2.75) is 127 Å². The van der Waals surface area contributed by atoms with Crippen LogP contribution in [0, 0.1) is 12.8 Å². The fourth-order valence-corrected chi connectivity index (χ4v) is 12.5. The molecule has 4 aromatic heterocycles. The van der Waals surface area contributed by atoms with Gasteiger partial charge in [0.1, 0.15) is 23.8 Å². The molecule has 388 valence electrons. The number of benzene rings is 2. The van der Waals surface area contributed by atoms with E-state index < -0.39 is 18.1 Å². The zero-order valence-electron chi connectivity index (χ0n) is 42.3. The molecule has 11 rings (SSSR count). The molecule has 6 aromatic rings. The third kappa shape index (κ3) is 10.1. The Morgan fingerprint density at radius 3 is 2.34 bits per heavy atom. The van der Waals surface area contributed by atoms with Crippen molar-refractivity contribution in [1.82, 2.24) is 35.5 Å². The molecule has 0 radical (unpaired) electrons. The minimum atomic E-state index is -0.817. The number of amides is 2. The number of phenols is 1. The van der Waals surface area contributed by atoms with Gasteiger partial charge in [-0.2, -0.15) is 0 Å². The van der Waals surface area contributed by atoms with Gasteiger partial charge in [0.15, 0.2) is 17.4 Å². The van der Waals surface area contributed by atoms with Crippen molar-refractivity contribution in [3.05, 3.63) is 102 Å². The monoisotopic (exact) mass is 1020 g/mol. The van der Waals surface area contributed by atoms with Crippen molar-refractivity contribution in [3.63, 3.8) is 0 Å². The first kappa shape index (κ1) is 49.4. The van der Waals surface area contributed by atoms with Gasteiger partial charge in [-0.3, -0.25) is 9.59 Å². The Morgan fingerprint density at radius 2 is 1.62 bits per heavy atom. The number of hydrogen-bond donors (Lipinski definition) is 4. The zero-order valence-corrected chi connectivity index (χ0v) is 43.1. The number of phenolic OH excluding ortho intramolecular Hbond substituents is 1. The number of thiazole rings is 1. The van der Waals surface area contributed by atoms with Crippen molar-refractivity contribution < 1.29 is 33.8 Å². The number of hydrogen-bond acceptors (Lipinski definition) is 17. The summed E-state index contributed by atoms with van der Waals surface area (Å²) in [5.74, 6) is 0.888. The molecule has 19 heteroatoms. The standard InChI is InChI=1S/C55H65N11O7S/c1-31(2)51(55(70)65-29-39(67)22-46(65)54(69)59-32(3)34-9-11-35(12-10-34)52-33(4)58-30-74-52)48-26-49(62-73-48)63-19-16-40(17-20-63)71-41-23-42(24-41)72-50-21-36(15-18-57-50)66-37-13-14-38(66)28-64(27-37)45-25-44(60-61-53(45)56)43-7-5-6-8-47(43)68/h5-12,15,18,21,25-26,30-32,37-42,46,51,67-68H,13-14,16-17,19-20,22-24,27-29H2,1-4H3,(H2,56,61)(H,59,69)/t32-,37?,38?,39+,41-,42-,46-,51+/m0/s1. The van der Waals surface area contributed by atoms with E-state index in [1.165, 1.54) is 4.90 Å². The van der Waals surface area contributed by atoms with Crippen LogP contribution in [-0.4, -0.2) is 128 Å². The quantitative estimate of drug-likeness (QED) is 0.0794. The second kappa shape index (κ2) is 20.8. The number of carbonyl (C=O) groups excluding carboxylic acids is 2. The number of β-amino-alcohol motifs (C(OH)–C–C–N with tert-alkyl or cyclic N) is 1. The number of pyridine rings is 1. The Bertz CT molecular complexity index is 2940. The van der Waals surface area contributed by atoms with E-state index in [9.17, 15) is 19.8 Å². The molecule has 4 saturated heterocycles. The van der Waals surface area contributed by atoms with Crippen LogP contribution in [0.4, 0.5) is 23.0 Å². The summed E-state index contributed by atoms with van der Waals surface area (Å²) >= 11 is 1.59. The molecule has 2 aromatic carbocycles. The van der Waals surface area contributed by atoms with Gasteiger partial charge in [0, 0.05) is 93.7 Å². The van der Waals surface area contributed by atoms with Crippen LogP contribution in [0.5, 0.6) is 11.6 Å². The number of anilines is 4. The summed E-state index contributed by atoms with van der Waals surface area (Å²) in [5.41, 5.74) is 14.4. The fraction of sp³-hybridized carbons (Fsp3) is 0.473. The number of para-hydroxylation sites is 1. The smallest absolute Gasteiger partial charge is 0.243 e. The van der Waals surface area contributed by atoms with Crippen LogP contribution >= 0.6 is 11.3 Å². The number of carbonyl (C=O) groups is 2. The highest BCUT2D eigenvalue weighted by atomic mass is 32.1. The predicted octanol–water partition coefficient (Wildman–Crippen LogP) is 7.28. The summed E-state index contributed by atoms with van der Waals surface area (Å²) in [6.45, 7) is 10.9. The number of aliphatic hydroxyl groups is 1. The third-order valence-corrected chi connectivity index (χ3v) is 16.7. The number of piperazine rings is 1. The summed E-state index contributed by atoms with van der Waals surface area (Å²) in [5, 5.41) is 37.3. The van der Waals surface area contributed by atoms with Gasteiger partial charge in [-0.1, -0.05) is 55.4 Å². The Labute approximate surface area is 434 Å². The van der Waals surface area contributed by atoms with Gasteiger partial charge in [-0.05, 0) is 80.8 Å². The van der Waals surface area contributed by atoms with E-state index >= 15 is 0 Å². The normalized spacial score (nSPS) is 23.8. The SMILES string of the molecule is Cc1ncsc1-c1ccc([C@H](C)NC(=O)[C@@H]2C[C@@H](O)CN2C(=O)[C@@H](c2cc(N3CCC(O[C@H]4C[C@H](Oc5cc(N6C7CCC6CN(c6cc(-c8ccccc8O)nnc6N)C7)ccn5)C4)CC3)no2)C(C)C)cc1. The maximum atomic E-state index is 14.4. The number of nitrogen functional groups attached to an aromatic ring is 1. The lowest BCUT2D eigenvalue weighted by Gasteiger charge is -2.43. The van der Waals surface area contributed by atoms with Crippen LogP contribution in [0.3, 0.4) is 0 Å². The molecular weight excluding hydrogens is 959 g/mol. The predicted molar refractivity (Wildman–Crippen MR) is 282 cm³/mol. The van der Waals surface area contributed by atoms with Gasteiger partial charge >= 0.3 is 0 Å². The first-order valence-electron chi connectivity index (χ1n) is 26.1. The second-order valence-electron chi connectivity index (χ2n) is 21.0. The van der Waals surface area contributed by atoms with Gasteiger partial charge in [-0.25, -0.2) is 9.97 Å². The fourth-order valence-electron chi connectivity index (χ4n) is 11.7. The van der Waals surface area contributed by atoms with E-state index in [4.69, 9.17) is 19.7 Å². The lowest BCUT2D eigenvalue weighted by Crippen LogP contribution is -2.54. The van der Waals surface area contributed by atoms with Crippen LogP contribution in [0.25, 0.3) is 21.7 Å². The molecule has 5 aliphatic rings. The number of aromatic hydroxyl groups is 1. The molecule has 74 heavy (non-hydrogen) atoms. The summed E-state index contributed by atoms with van der Waals surface area (Å²) in [4.78, 5) is 46.8. The third-order valence-electron chi connectivity index (χ3n) is 15.7. The van der Waals surface area contributed by atoms with Crippen molar-refractivity contribution in [1.29, 1.82) is 0 Å². The minimum Gasteiger partial charge on any atom is -0.507 e. The maximum Gasteiger partial charge on any atom is 0.243 e. The average molecular weight is 1020 g/mol. The molecule has 2 bridgehead atoms. The number of rotatable bonds is 15. The van der Waals surface area contributed by atoms with Crippen LogP contribution in [0.15, 0.2) is 89.0 Å². The summed E-state index contributed by atoms with van der Waals surface area (Å²) in [6, 6.07) is 22.6. The molecule has 1 saturated carbocycles. The minimum absolute atomic E-state index is 0.0293. The number of aryl methyl sites for hydroxylation is 1. The average Bonchev–Trinajstić information content (AvgIpc) is 4.20. The van der Waals surface area contributed by atoms with Crippen molar-refractivity contribution >= 4 is 46.2 Å². The molecule has 4 aliphatic heterocycles. The summed E-state index contributed by atoms with van der Waals surface area (Å²) in [6.07, 6.45) is 6.82. The summed E-state index contributed by atoms with van der Waals surface area (Å²) < 4.78 is 18.9. The first-order valence-corrected chi connectivity index (χ1v) is 26.9. The maximum absolute atomic E-state index is 14.4. The number of piperidine rings is 1. The van der Waals surface area contributed by atoms with E-state index in [-0.39, 0.29) is 72.9 Å². The molecule has 8 heterocycles. The number of aliphatic hydroxyl groups excluding tert-OH is 1. The van der Waals surface area contributed by atoms with E-state index in [2.05, 4.69) is 57.5 Å². The van der Waals surface area contributed by atoms with Gasteiger partial charge in [0.2, 0.25) is 17.7 Å². The molecule has 6 atom stereocenters. The van der Waals surface area contributed by atoms with Crippen molar-refractivity contribution in [3.8, 4) is 33.3 Å². The number of fused-ring (bicyclic) bond motifs is 2. The number of nitrogens with two attached hydrogens (primary N) is 1. The second-order valence-corrected chi connectivity index (χ2v) is 21.9. The van der Waals surface area contributed by atoms with Crippen LogP contribution in [-0.2, 0) is 14.3 Å². The Kier molecular flexibility index (Phi) is 13.9. The Morgan fingerprint density at radius 1 is 0.865 bits per heavy atom. The summed E-state index contributed by atoms with van der Waals surface area (Å²) in [7, 11) is 0. The van der Waals surface area contributed by atoms with Crippen LogP contribution in [0.2, 0.25) is 0 Å². The van der Waals surface area contributed by atoms with E-state index in [0.717, 1.165) is 97.8 Å². The van der Waals surface area contributed by atoms with Gasteiger partial charge < -0.3 is 54.9 Å². The molecule has 0 spiro atoms. The number of ether oxygens (including phenoxy) is 2. The van der Waals surface area contributed by atoms with Gasteiger partial charge in [0.25, 0.3) is 0 Å². The lowest BCUT2D eigenvalue weighted by molar-refractivity contribution is -0.141. The molecule has 2 unspecified atom stereocenters. The highest BCUT2D eigenvalue weighted by Crippen LogP contribution is 2.41. The number of likely N-dealkylation sites (tertiary alicyclic amines) is 1. The van der Waals surface area contributed by atoms with E-state index in [1.54, 1.807) is 23.5 Å². The molecular formula is C55H65N11O7S. The zero-order chi connectivity index (χ0) is 51.2. The van der Waals surface area contributed by atoms with Crippen LogP contribution < -0.4 is 30.5 Å². The number of aromatic nitrogens is 5. The topological polar surface area (TPSA) is 222 Å². The molecule has 2 amide bonds. The van der Waals surface area contributed by atoms with E-state index in [1.807, 2.05) is 87.9 Å². The number of nitrogens with zero attached hydrogens (tertiary/aromatic N) is 9. The molecule has 1 aliphatic carbocycles. The Hall–Kier alpha value is -6.83. The molecule has 5 N–H and O–H groups in total. The van der Waals surface area contributed by atoms with Gasteiger partial charge in [0.05, 0.1) is 51.8 Å². The largest absolute Gasteiger partial charge is 0.507 e. The van der Waals surface area contributed by atoms with Crippen LogP contribution in [0.1, 0.15) is 94.7 Å². The Balaban J connectivity index is 0.642. The van der Waals surface area contributed by atoms with Crippen molar-refractivity contribution in [2.24, 2.45) is 5.92 Å². The highest BCUT2D eigenvalue weighted by Gasteiger charge is 2.45. The first-order chi connectivity index (χ1) is 35.8.